The van der Waals surface area contributed by atoms with Gasteiger partial charge in [-0.1, -0.05) is 18.9 Å². The number of hydrogen-bond donors (Lipinski definition) is 2. The summed E-state index contributed by atoms with van der Waals surface area (Å²) in [6, 6.07) is 10.7. The molecule has 2 N–H and O–H groups in total. The highest BCUT2D eigenvalue weighted by molar-refractivity contribution is 6.05. The lowest BCUT2D eigenvalue weighted by Gasteiger charge is -2.37. The van der Waals surface area contributed by atoms with Gasteiger partial charge in [0.15, 0.2) is 0 Å². The first-order valence-corrected chi connectivity index (χ1v) is 12.2. The Hall–Kier alpha value is -3.21. The molecule has 7 heteroatoms. The van der Waals surface area contributed by atoms with Crippen LogP contribution in [0.15, 0.2) is 42.7 Å². The van der Waals surface area contributed by atoms with Gasteiger partial charge >= 0.3 is 0 Å². The lowest BCUT2D eigenvalue weighted by Crippen LogP contribution is -2.44. The van der Waals surface area contributed by atoms with Gasteiger partial charge in [-0.2, -0.15) is 5.26 Å². The van der Waals surface area contributed by atoms with Crippen LogP contribution in [0.4, 0.5) is 5.69 Å². The number of carbonyl (C=O) groups excluding carboxylic acids is 1. The Kier molecular flexibility index (Phi) is 6.36. The molecular weight excluding hydrogens is 426 g/mol. The van der Waals surface area contributed by atoms with E-state index in [-0.39, 0.29) is 12.1 Å². The Bertz CT molecular complexity index is 1230. The van der Waals surface area contributed by atoms with Crippen molar-refractivity contribution in [3.05, 3.63) is 59.4 Å². The van der Waals surface area contributed by atoms with Crippen LogP contribution in [-0.2, 0) is 7.05 Å². The third-order valence-electron chi connectivity index (χ3n) is 7.52. The first kappa shape index (κ1) is 22.6. The van der Waals surface area contributed by atoms with Gasteiger partial charge in [0.1, 0.15) is 11.9 Å². The number of nitriles is 1. The quantitative estimate of drug-likeness (QED) is 0.593. The molecule has 1 aliphatic carbocycles. The number of benzene rings is 1. The summed E-state index contributed by atoms with van der Waals surface area (Å²) in [5.41, 5.74) is 3.69. The molecule has 0 radical (unpaired) electrons. The fraction of sp³-hybridized carbons (Fsp3) is 0.444. The van der Waals surface area contributed by atoms with E-state index >= 15 is 0 Å². The van der Waals surface area contributed by atoms with E-state index in [0.29, 0.717) is 28.7 Å². The van der Waals surface area contributed by atoms with Crippen molar-refractivity contribution < 1.29 is 9.90 Å². The number of fused-ring (bicyclic) bond motifs is 1. The maximum absolute atomic E-state index is 12.7. The van der Waals surface area contributed by atoms with E-state index in [1.54, 1.807) is 30.5 Å². The van der Waals surface area contributed by atoms with Gasteiger partial charge in [-0.15, -0.1) is 0 Å². The fourth-order valence-corrected chi connectivity index (χ4v) is 5.65. The zero-order chi connectivity index (χ0) is 23.7. The maximum atomic E-state index is 12.7. The van der Waals surface area contributed by atoms with Gasteiger partial charge in [-0.3, -0.25) is 9.69 Å². The number of hydrogen-bond acceptors (Lipinski definition) is 5. The molecule has 1 atom stereocenters. The van der Waals surface area contributed by atoms with Crippen molar-refractivity contribution >= 4 is 22.6 Å². The summed E-state index contributed by atoms with van der Waals surface area (Å²) < 4.78 is 2.05. The molecule has 2 aliphatic rings. The highest BCUT2D eigenvalue weighted by atomic mass is 16.3. The second kappa shape index (κ2) is 9.57. The number of amides is 1. The third kappa shape index (κ3) is 4.44. The highest BCUT2D eigenvalue weighted by Crippen LogP contribution is 2.37. The first-order chi connectivity index (χ1) is 16.5. The third-order valence-corrected chi connectivity index (χ3v) is 7.52. The molecule has 1 aliphatic heterocycles. The number of aromatic nitrogens is 2. The highest BCUT2D eigenvalue weighted by Gasteiger charge is 2.32. The summed E-state index contributed by atoms with van der Waals surface area (Å²) in [5, 5.41) is 23.9. The number of nitrogens with zero attached hydrogens (tertiary/aromatic N) is 4. The van der Waals surface area contributed by atoms with Crippen molar-refractivity contribution in [3.8, 4) is 6.07 Å². The largest absolute Gasteiger partial charge is 0.378 e. The minimum atomic E-state index is -0.306. The van der Waals surface area contributed by atoms with Crippen LogP contribution in [0.2, 0.25) is 0 Å². The zero-order valence-corrected chi connectivity index (χ0v) is 19.6. The predicted molar refractivity (Wildman–Crippen MR) is 131 cm³/mol. The van der Waals surface area contributed by atoms with Crippen molar-refractivity contribution in [1.29, 1.82) is 5.26 Å². The van der Waals surface area contributed by atoms with E-state index in [4.69, 9.17) is 5.26 Å². The number of carbonyl (C=O) groups is 1. The van der Waals surface area contributed by atoms with Crippen LogP contribution < -0.4 is 5.32 Å². The van der Waals surface area contributed by atoms with E-state index in [2.05, 4.69) is 27.5 Å². The van der Waals surface area contributed by atoms with E-state index in [1.165, 1.54) is 18.4 Å². The summed E-state index contributed by atoms with van der Waals surface area (Å²) >= 11 is 0. The lowest BCUT2D eigenvalue weighted by molar-refractivity contribution is -0.0496. The van der Waals surface area contributed by atoms with Crippen molar-refractivity contribution in [3.63, 3.8) is 0 Å². The van der Waals surface area contributed by atoms with Crippen LogP contribution in [0.3, 0.4) is 0 Å². The smallest absolute Gasteiger partial charge is 0.255 e. The number of rotatable bonds is 5. The van der Waals surface area contributed by atoms with Gasteiger partial charge < -0.3 is 15.0 Å². The summed E-state index contributed by atoms with van der Waals surface area (Å²) in [6.07, 6.45) is 10.3. The number of piperidine rings is 1. The predicted octanol–water partition coefficient (Wildman–Crippen LogP) is 4.39. The Balaban J connectivity index is 1.32. The van der Waals surface area contributed by atoms with Crippen molar-refractivity contribution in [2.75, 3.05) is 18.4 Å². The van der Waals surface area contributed by atoms with E-state index in [9.17, 15) is 9.90 Å². The first-order valence-electron chi connectivity index (χ1n) is 12.2. The number of aliphatic hydroxyl groups excluding tert-OH is 1. The normalized spacial score (nSPS) is 18.7. The molecule has 34 heavy (non-hydrogen) atoms. The topological polar surface area (TPSA) is 94.2 Å². The Morgan fingerprint density at radius 1 is 1.21 bits per heavy atom. The molecule has 3 heterocycles. The number of anilines is 1. The average Bonchev–Trinajstić information content (AvgIpc) is 3.52. The molecule has 2 fully saturated rings. The van der Waals surface area contributed by atoms with Crippen LogP contribution in [0.5, 0.6) is 0 Å². The Morgan fingerprint density at radius 3 is 2.71 bits per heavy atom. The van der Waals surface area contributed by atoms with Gasteiger partial charge in [-0.25, -0.2) is 4.98 Å². The molecule has 0 bridgehead atoms. The van der Waals surface area contributed by atoms with Crippen LogP contribution in [0, 0.1) is 17.2 Å². The monoisotopic (exact) mass is 457 g/mol. The van der Waals surface area contributed by atoms with Gasteiger partial charge in [0.2, 0.25) is 0 Å². The standard InChI is InChI=1S/C27H31N5O2/c1-31-17-24(19-9-11-32(12-10-19)27(34)20-6-2-3-7-20)23-14-22(16-29-25(23)31)30-26(33)21-8-4-5-18(13-21)15-28/h4-5,8,13-14,16-17,19-20,27,34H,2-3,6-7,9-12H2,1H3,(H,30,33). The van der Waals surface area contributed by atoms with Crippen LogP contribution in [0.1, 0.15) is 65.9 Å². The number of pyridine rings is 1. The minimum Gasteiger partial charge on any atom is -0.378 e. The number of likely N-dealkylation sites (tertiary alicyclic amines) is 1. The summed E-state index contributed by atoms with van der Waals surface area (Å²) in [5.74, 6) is 0.569. The van der Waals surface area contributed by atoms with Gasteiger partial charge in [-0.05, 0) is 67.3 Å². The van der Waals surface area contributed by atoms with E-state index in [1.807, 2.05) is 17.7 Å². The van der Waals surface area contributed by atoms with Crippen molar-refractivity contribution in [2.45, 2.75) is 50.7 Å². The molecular formula is C27H31N5O2. The van der Waals surface area contributed by atoms with Crippen molar-refractivity contribution in [2.24, 2.45) is 13.0 Å². The van der Waals surface area contributed by atoms with Gasteiger partial charge in [0.05, 0.1) is 23.5 Å². The minimum absolute atomic E-state index is 0.259. The summed E-state index contributed by atoms with van der Waals surface area (Å²) in [7, 11) is 2.00. The lowest BCUT2D eigenvalue weighted by atomic mass is 9.88. The molecule has 5 rings (SSSR count). The fourth-order valence-electron chi connectivity index (χ4n) is 5.65. The molecule has 3 aromatic rings. The molecule has 0 spiro atoms. The Morgan fingerprint density at radius 2 is 1.97 bits per heavy atom. The second-order valence-electron chi connectivity index (χ2n) is 9.71. The SMILES string of the molecule is Cn1cc(C2CCN(C(O)C3CCCC3)CC2)c2cc(NC(=O)c3cccc(C#N)c3)cnc21. The second-order valence-corrected chi connectivity index (χ2v) is 9.71. The molecule has 2 aromatic heterocycles. The van der Waals surface area contributed by atoms with Crippen LogP contribution in [0.25, 0.3) is 11.0 Å². The Labute approximate surface area is 200 Å². The van der Waals surface area contributed by atoms with E-state index < -0.39 is 0 Å². The van der Waals surface area contributed by atoms with Gasteiger partial charge in [0.25, 0.3) is 5.91 Å². The molecule has 1 unspecified atom stereocenters. The van der Waals surface area contributed by atoms with Gasteiger partial charge in [0, 0.05) is 37.3 Å². The summed E-state index contributed by atoms with van der Waals surface area (Å²) in [4.78, 5) is 19.6. The molecule has 1 aromatic carbocycles. The molecule has 176 valence electrons. The molecule has 1 saturated heterocycles. The number of nitrogens with one attached hydrogen (secondary N) is 1. The summed E-state index contributed by atoms with van der Waals surface area (Å²) in [6.45, 7) is 1.80. The van der Waals surface area contributed by atoms with Crippen molar-refractivity contribution in [1.82, 2.24) is 14.5 Å². The van der Waals surface area contributed by atoms with Crippen LogP contribution in [-0.4, -0.2) is 44.8 Å². The van der Waals surface area contributed by atoms with E-state index in [0.717, 1.165) is 49.8 Å². The maximum Gasteiger partial charge on any atom is 0.255 e. The average molecular weight is 458 g/mol. The number of aryl methyl sites for hydroxylation is 1. The molecule has 1 amide bonds. The van der Waals surface area contributed by atoms with Crippen LogP contribution >= 0.6 is 0 Å². The molecule has 7 nitrogen and oxygen atoms in total. The number of aliphatic hydroxyl groups is 1. The molecule has 1 saturated carbocycles. The zero-order valence-electron chi connectivity index (χ0n) is 19.6.